The number of nitrogens with zero attached hydrogens (tertiary/aromatic N) is 1. The second kappa shape index (κ2) is 3.55. The first-order valence-electron chi connectivity index (χ1n) is 6.52. The Hall–Kier alpha value is -2.01. The Morgan fingerprint density at radius 2 is 2.00 bits per heavy atom. The summed E-state index contributed by atoms with van der Waals surface area (Å²) in [5.41, 5.74) is -0.720. The number of para-hydroxylation sites is 1. The number of halogens is 1. The standard InChI is InChI=1S/C15H12FNO3/c1-15-7-6-10(20-15)11-12(15)14(19)17(13(11)18)9-5-3-2-4-8(9)16/h2-7,10-12H,1H3/t10-,11+,12+,15+/m1/s1. The first-order chi connectivity index (χ1) is 9.53. The highest BCUT2D eigenvalue weighted by molar-refractivity contribution is 6.23. The highest BCUT2D eigenvalue weighted by Crippen LogP contribution is 2.52. The third-order valence-corrected chi connectivity index (χ3v) is 4.42. The predicted molar refractivity (Wildman–Crippen MR) is 68.3 cm³/mol. The van der Waals surface area contributed by atoms with Crippen LogP contribution < -0.4 is 4.90 Å². The van der Waals surface area contributed by atoms with Crippen molar-refractivity contribution >= 4 is 17.5 Å². The lowest BCUT2D eigenvalue weighted by Crippen LogP contribution is -2.38. The molecule has 0 aromatic heterocycles. The third-order valence-electron chi connectivity index (χ3n) is 4.42. The van der Waals surface area contributed by atoms with Crippen LogP contribution in [0.3, 0.4) is 0 Å². The maximum Gasteiger partial charge on any atom is 0.241 e. The second-order valence-electron chi connectivity index (χ2n) is 5.59. The molecule has 0 spiro atoms. The van der Waals surface area contributed by atoms with Gasteiger partial charge < -0.3 is 4.74 Å². The van der Waals surface area contributed by atoms with Gasteiger partial charge in [-0.25, -0.2) is 9.29 Å². The van der Waals surface area contributed by atoms with Crippen LogP contribution in [-0.2, 0) is 14.3 Å². The van der Waals surface area contributed by atoms with Gasteiger partial charge in [0.2, 0.25) is 11.8 Å². The minimum atomic E-state index is -0.748. The molecule has 4 rings (SSSR count). The van der Waals surface area contributed by atoms with Crippen molar-refractivity contribution in [2.75, 3.05) is 4.90 Å². The van der Waals surface area contributed by atoms with Gasteiger partial charge in [-0.05, 0) is 19.1 Å². The molecule has 3 heterocycles. The molecule has 20 heavy (non-hydrogen) atoms. The zero-order chi connectivity index (χ0) is 14.1. The Morgan fingerprint density at radius 3 is 2.70 bits per heavy atom. The van der Waals surface area contributed by atoms with Crippen molar-refractivity contribution in [2.45, 2.75) is 18.6 Å². The molecule has 2 fully saturated rings. The molecular formula is C15H12FNO3. The molecule has 1 aromatic rings. The lowest BCUT2D eigenvalue weighted by Gasteiger charge is -2.24. The van der Waals surface area contributed by atoms with Crippen LogP contribution >= 0.6 is 0 Å². The summed E-state index contributed by atoms with van der Waals surface area (Å²) in [5, 5.41) is 0. The van der Waals surface area contributed by atoms with Crippen LogP contribution in [0.25, 0.3) is 0 Å². The summed E-state index contributed by atoms with van der Waals surface area (Å²) >= 11 is 0. The summed E-state index contributed by atoms with van der Waals surface area (Å²) in [6.45, 7) is 1.80. The van der Waals surface area contributed by atoms with Crippen LogP contribution in [-0.4, -0.2) is 23.5 Å². The number of benzene rings is 1. The molecule has 2 bridgehead atoms. The fourth-order valence-electron chi connectivity index (χ4n) is 3.52. The summed E-state index contributed by atoms with van der Waals surface area (Å²) in [6.07, 6.45) is 3.27. The fraction of sp³-hybridized carbons (Fsp3) is 0.333. The van der Waals surface area contributed by atoms with Crippen LogP contribution in [0.5, 0.6) is 0 Å². The topological polar surface area (TPSA) is 46.6 Å². The Morgan fingerprint density at radius 1 is 1.25 bits per heavy atom. The van der Waals surface area contributed by atoms with Gasteiger partial charge in [0, 0.05) is 0 Å². The smallest absolute Gasteiger partial charge is 0.241 e. The van der Waals surface area contributed by atoms with E-state index in [1.54, 1.807) is 13.0 Å². The number of hydrogen-bond donors (Lipinski definition) is 0. The molecule has 102 valence electrons. The van der Waals surface area contributed by atoms with Gasteiger partial charge in [0.05, 0.1) is 29.2 Å². The lowest BCUT2D eigenvalue weighted by molar-refractivity contribution is -0.126. The number of hydrogen-bond acceptors (Lipinski definition) is 3. The van der Waals surface area contributed by atoms with E-state index in [0.717, 1.165) is 4.90 Å². The van der Waals surface area contributed by atoms with Gasteiger partial charge in [0.15, 0.2) is 0 Å². The molecule has 5 heteroatoms. The molecule has 0 unspecified atom stereocenters. The average Bonchev–Trinajstić information content (AvgIpc) is 3.01. The quantitative estimate of drug-likeness (QED) is 0.577. The van der Waals surface area contributed by atoms with E-state index in [-0.39, 0.29) is 23.6 Å². The van der Waals surface area contributed by atoms with E-state index in [2.05, 4.69) is 0 Å². The van der Waals surface area contributed by atoms with Gasteiger partial charge >= 0.3 is 0 Å². The van der Waals surface area contributed by atoms with E-state index in [0.29, 0.717) is 0 Å². The highest BCUT2D eigenvalue weighted by atomic mass is 19.1. The number of amides is 2. The van der Waals surface area contributed by atoms with Gasteiger partial charge in [0.25, 0.3) is 0 Å². The van der Waals surface area contributed by atoms with Crippen LogP contribution in [0.1, 0.15) is 6.92 Å². The van der Waals surface area contributed by atoms with Crippen LogP contribution in [0.15, 0.2) is 36.4 Å². The Labute approximate surface area is 114 Å². The normalized spacial score (nSPS) is 37.9. The van der Waals surface area contributed by atoms with Gasteiger partial charge in [-0.3, -0.25) is 9.59 Å². The average molecular weight is 273 g/mol. The molecule has 3 aliphatic heterocycles. The number of carbonyl (C=O) groups is 2. The van der Waals surface area contributed by atoms with Crippen LogP contribution in [0, 0.1) is 17.7 Å². The van der Waals surface area contributed by atoms with Crippen molar-refractivity contribution in [2.24, 2.45) is 11.8 Å². The number of carbonyl (C=O) groups excluding carboxylic acids is 2. The molecule has 0 saturated carbocycles. The lowest BCUT2D eigenvalue weighted by atomic mass is 9.78. The minimum Gasteiger partial charge on any atom is -0.362 e. The predicted octanol–water partition coefficient (Wildman–Crippen LogP) is 1.66. The van der Waals surface area contributed by atoms with Crippen LogP contribution in [0.4, 0.5) is 10.1 Å². The zero-order valence-corrected chi connectivity index (χ0v) is 10.7. The van der Waals surface area contributed by atoms with E-state index >= 15 is 0 Å². The first-order valence-corrected chi connectivity index (χ1v) is 6.52. The number of anilines is 1. The second-order valence-corrected chi connectivity index (χ2v) is 5.59. The monoisotopic (exact) mass is 273 g/mol. The molecule has 0 radical (unpaired) electrons. The van der Waals surface area contributed by atoms with Crippen LogP contribution in [0.2, 0.25) is 0 Å². The summed E-state index contributed by atoms with van der Waals surface area (Å²) in [7, 11) is 0. The van der Waals surface area contributed by atoms with E-state index < -0.39 is 23.3 Å². The Kier molecular flexibility index (Phi) is 2.09. The number of fused-ring (bicyclic) bond motifs is 5. The van der Waals surface area contributed by atoms with E-state index in [1.165, 1.54) is 18.2 Å². The molecule has 3 aliphatic rings. The van der Waals surface area contributed by atoms with E-state index in [4.69, 9.17) is 4.74 Å². The number of ether oxygens (including phenoxy) is 1. The van der Waals surface area contributed by atoms with Gasteiger partial charge in [-0.2, -0.15) is 0 Å². The van der Waals surface area contributed by atoms with Gasteiger partial charge in [0.1, 0.15) is 5.82 Å². The third kappa shape index (κ3) is 1.23. The molecule has 1 aromatic carbocycles. The zero-order valence-electron chi connectivity index (χ0n) is 10.7. The first kappa shape index (κ1) is 11.8. The van der Waals surface area contributed by atoms with Crippen molar-refractivity contribution in [1.29, 1.82) is 0 Å². The summed E-state index contributed by atoms with van der Waals surface area (Å²) in [4.78, 5) is 26.1. The molecule has 2 amide bonds. The SMILES string of the molecule is C[C@@]12C=C[C@@H](O1)[C@@H]1C(=O)N(c3ccccc3F)C(=O)[C@H]12. The largest absolute Gasteiger partial charge is 0.362 e. The maximum atomic E-state index is 13.9. The Bertz CT molecular complexity index is 671. The van der Waals surface area contributed by atoms with Crippen molar-refractivity contribution < 1.29 is 18.7 Å². The summed E-state index contributed by atoms with van der Waals surface area (Å²) < 4.78 is 19.6. The maximum absolute atomic E-state index is 13.9. The molecule has 0 aliphatic carbocycles. The molecule has 4 nitrogen and oxygen atoms in total. The minimum absolute atomic E-state index is 0.0277. The molecule has 2 saturated heterocycles. The Balaban J connectivity index is 1.82. The highest BCUT2D eigenvalue weighted by Gasteiger charge is 2.66. The summed E-state index contributed by atoms with van der Waals surface area (Å²) in [5.74, 6) is -2.40. The van der Waals surface area contributed by atoms with Crippen molar-refractivity contribution in [3.05, 3.63) is 42.2 Å². The van der Waals surface area contributed by atoms with E-state index in [9.17, 15) is 14.0 Å². The van der Waals surface area contributed by atoms with Crippen molar-refractivity contribution in [3.8, 4) is 0 Å². The van der Waals surface area contributed by atoms with Crippen molar-refractivity contribution in [1.82, 2.24) is 0 Å². The molecule has 4 atom stereocenters. The molecule has 0 N–H and O–H groups in total. The molecular weight excluding hydrogens is 261 g/mol. The van der Waals surface area contributed by atoms with E-state index in [1.807, 2.05) is 12.2 Å². The summed E-state index contributed by atoms with van der Waals surface area (Å²) in [6, 6.07) is 5.83. The van der Waals surface area contributed by atoms with Gasteiger partial charge in [-0.1, -0.05) is 24.3 Å². The van der Waals surface area contributed by atoms with Gasteiger partial charge in [-0.15, -0.1) is 0 Å². The number of imide groups is 1. The van der Waals surface area contributed by atoms with Crippen molar-refractivity contribution in [3.63, 3.8) is 0 Å². The fourth-order valence-corrected chi connectivity index (χ4v) is 3.52. The number of rotatable bonds is 1.